The zero-order valence-electron chi connectivity index (χ0n) is 7.07. The second-order valence-electron chi connectivity index (χ2n) is 2.55. The highest BCUT2D eigenvalue weighted by Crippen LogP contribution is 2.06. The number of allylic oxidation sites excluding steroid dienone is 1. The van der Waals surface area contributed by atoms with Crippen molar-refractivity contribution in [3.8, 4) is 0 Å². The van der Waals surface area contributed by atoms with E-state index in [2.05, 4.69) is 11.7 Å². The predicted octanol–water partition coefficient (Wildman–Crippen LogP) is 2.58. The monoisotopic (exact) mass is 179 g/mol. The highest BCUT2D eigenvalue weighted by molar-refractivity contribution is 6.00. The standard InChI is InChI=1S/C10H10FNO/c1-2-3-10(12-13)8-4-6-9(11)7-5-8/h2,4-7,13H,1,3H2/b12-10+. The number of rotatable bonds is 3. The lowest BCUT2D eigenvalue weighted by molar-refractivity contribution is 0.318. The van der Waals surface area contributed by atoms with Gasteiger partial charge in [-0.1, -0.05) is 23.4 Å². The van der Waals surface area contributed by atoms with Crippen LogP contribution in [0.1, 0.15) is 12.0 Å². The van der Waals surface area contributed by atoms with E-state index >= 15 is 0 Å². The van der Waals surface area contributed by atoms with Gasteiger partial charge >= 0.3 is 0 Å². The Morgan fingerprint density at radius 2 is 2.08 bits per heavy atom. The maximum absolute atomic E-state index is 12.5. The van der Waals surface area contributed by atoms with E-state index in [0.717, 1.165) is 0 Å². The minimum absolute atomic E-state index is 0.306. The molecule has 0 spiro atoms. The summed E-state index contributed by atoms with van der Waals surface area (Å²) in [4.78, 5) is 0. The topological polar surface area (TPSA) is 32.6 Å². The zero-order chi connectivity index (χ0) is 9.68. The first kappa shape index (κ1) is 9.45. The molecule has 0 atom stereocenters. The first-order valence-electron chi connectivity index (χ1n) is 3.85. The number of nitrogens with zero attached hydrogens (tertiary/aromatic N) is 1. The summed E-state index contributed by atoms with van der Waals surface area (Å²) in [5.74, 6) is -0.306. The van der Waals surface area contributed by atoms with Gasteiger partial charge in [0.15, 0.2) is 0 Å². The molecule has 13 heavy (non-hydrogen) atoms. The lowest BCUT2D eigenvalue weighted by Crippen LogP contribution is -1.98. The summed E-state index contributed by atoms with van der Waals surface area (Å²) >= 11 is 0. The van der Waals surface area contributed by atoms with Crippen LogP contribution in [0.4, 0.5) is 4.39 Å². The second-order valence-corrected chi connectivity index (χ2v) is 2.55. The highest BCUT2D eigenvalue weighted by atomic mass is 19.1. The minimum atomic E-state index is -0.306. The quantitative estimate of drug-likeness (QED) is 0.329. The van der Waals surface area contributed by atoms with Gasteiger partial charge in [-0.15, -0.1) is 6.58 Å². The lowest BCUT2D eigenvalue weighted by atomic mass is 10.1. The molecule has 1 aromatic carbocycles. The average Bonchev–Trinajstić information content (AvgIpc) is 2.16. The van der Waals surface area contributed by atoms with Crippen LogP contribution in [0.3, 0.4) is 0 Å². The molecule has 0 unspecified atom stereocenters. The van der Waals surface area contributed by atoms with Crippen molar-refractivity contribution in [1.82, 2.24) is 0 Å². The van der Waals surface area contributed by atoms with E-state index in [-0.39, 0.29) is 5.82 Å². The molecule has 0 fully saturated rings. The third kappa shape index (κ3) is 2.40. The first-order valence-corrected chi connectivity index (χ1v) is 3.85. The Morgan fingerprint density at radius 1 is 1.46 bits per heavy atom. The van der Waals surface area contributed by atoms with Crippen molar-refractivity contribution < 1.29 is 9.60 Å². The molecule has 0 aliphatic rings. The Balaban J connectivity index is 2.92. The lowest BCUT2D eigenvalue weighted by Gasteiger charge is -2.00. The van der Waals surface area contributed by atoms with Gasteiger partial charge < -0.3 is 5.21 Å². The van der Waals surface area contributed by atoms with E-state index in [1.807, 2.05) is 0 Å². The van der Waals surface area contributed by atoms with Gasteiger partial charge in [-0.2, -0.15) is 0 Å². The second kappa shape index (κ2) is 4.40. The van der Waals surface area contributed by atoms with Crippen LogP contribution < -0.4 is 0 Å². The Hall–Kier alpha value is -1.64. The summed E-state index contributed by atoms with van der Waals surface area (Å²) in [6.45, 7) is 3.53. The Labute approximate surface area is 76.0 Å². The molecule has 0 aromatic heterocycles. The molecule has 68 valence electrons. The molecule has 0 amide bonds. The first-order chi connectivity index (χ1) is 6.27. The van der Waals surface area contributed by atoms with Crippen LogP contribution in [0.15, 0.2) is 42.1 Å². The summed E-state index contributed by atoms with van der Waals surface area (Å²) in [6.07, 6.45) is 2.08. The zero-order valence-corrected chi connectivity index (χ0v) is 7.07. The molecule has 0 aliphatic carbocycles. The molecule has 1 aromatic rings. The predicted molar refractivity (Wildman–Crippen MR) is 49.5 cm³/mol. The molecule has 1 N–H and O–H groups in total. The molecule has 0 radical (unpaired) electrons. The summed E-state index contributed by atoms with van der Waals surface area (Å²) in [6, 6.07) is 5.77. The third-order valence-electron chi connectivity index (χ3n) is 1.64. The van der Waals surface area contributed by atoms with Crippen molar-refractivity contribution in [3.63, 3.8) is 0 Å². The van der Waals surface area contributed by atoms with E-state index in [4.69, 9.17) is 5.21 Å². The summed E-state index contributed by atoms with van der Waals surface area (Å²) in [5.41, 5.74) is 1.18. The number of halogens is 1. The van der Waals surface area contributed by atoms with Crippen molar-refractivity contribution >= 4 is 5.71 Å². The number of benzene rings is 1. The Morgan fingerprint density at radius 3 is 2.54 bits per heavy atom. The number of hydrogen-bond donors (Lipinski definition) is 1. The van der Waals surface area contributed by atoms with E-state index in [0.29, 0.717) is 17.7 Å². The van der Waals surface area contributed by atoms with Crippen LogP contribution in [0.5, 0.6) is 0 Å². The van der Waals surface area contributed by atoms with E-state index in [1.165, 1.54) is 12.1 Å². The van der Waals surface area contributed by atoms with Gasteiger partial charge in [0.05, 0.1) is 5.71 Å². The summed E-state index contributed by atoms with van der Waals surface area (Å²) < 4.78 is 12.5. The molecule has 0 saturated carbocycles. The largest absolute Gasteiger partial charge is 0.411 e. The van der Waals surface area contributed by atoms with Crippen LogP contribution >= 0.6 is 0 Å². The molecule has 2 nitrogen and oxygen atoms in total. The normalized spacial score (nSPS) is 11.3. The van der Waals surface area contributed by atoms with Gasteiger partial charge in [0.1, 0.15) is 5.82 Å². The molecular weight excluding hydrogens is 169 g/mol. The van der Waals surface area contributed by atoms with Crippen molar-refractivity contribution in [2.45, 2.75) is 6.42 Å². The fourth-order valence-corrected chi connectivity index (χ4v) is 0.995. The van der Waals surface area contributed by atoms with Crippen molar-refractivity contribution in [2.24, 2.45) is 5.16 Å². The SMILES string of the molecule is C=CC/C(=N\O)c1ccc(F)cc1. The molecule has 1 rings (SSSR count). The summed E-state index contributed by atoms with van der Waals surface area (Å²) in [5, 5.41) is 11.7. The van der Waals surface area contributed by atoms with Gasteiger partial charge in [0.2, 0.25) is 0 Å². The number of hydrogen-bond acceptors (Lipinski definition) is 2. The van der Waals surface area contributed by atoms with Crippen molar-refractivity contribution in [2.75, 3.05) is 0 Å². The number of oxime groups is 1. The minimum Gasteiger partial charge on any atom is -0.411 e. The van der Waals surface area contributed by atoms with E-state index < -0.39 is 0 Å². The smallest absolute Gasteiger partial charge is 0.123 e. The van der Waals surface area contributed by atoms with E-state index in [1.54, 1.807) is 18.2 Å². The maximum atomic E-state index is 12.5. The third-order valence-corrected chi connectivity index (χ3v) is 1.64. The maximum Gasteiger partial charge on any atom is 0.123 e. The van der Waals surface area contributed by atoms with Gasteiger partial charge in [0, 0.05) is 6.42 Å². The van der Waals surface area contributed by atoms with Crippen LogP contribution in [0.25, 0.3) is 0 Å². The molecule has 0 heterocycles. The summed E-state index contributed by atoms with van der Waals surface area (Å²) in [7, 11) is 0. The molecular formula is C10H10FNO. The van der Waals surface area contributed by atoms with Crippen molar-refractivity contribution in [1.29, 1.82) is 0 Å². The van der Waals surface area contributed by atoms with Gasteiger partial charge in [0.25, 0.3) is 0 Å². The highest BCUT2D eigenvalue weighted by Gasteiger charge is 2.01. The average molecular weight is 179 g/mol. The fourth-order valence-electron chi connectivity index (χ4n) is 0.995. The van der Waals surface area contributed by atoms with Crippen LogP contribution in [-0.2, 0) is 0 Å². The molecule has 0 bridgehead atoms. The molecule has 0 aliphatic heterocycles. The van der Waals surface area contributed by atoms with Crippen LogP contribution in [0.2, 0.25) is 0 Å². The Kier molecular flexibility index (Phi) is 3.20. The van der Waals surface area contributed by atoms with Crippen molar-refractivity contribution in [3.05, 3.63) is 48.3 Å². The van der Waals surface area contributed by atoms with Crippen LogP contribution in [-0.4, -0.2) is 10.9 Å². The van der Waals surface area contributed by atoms with E-state index in [9.17, 15) is 4.39 Å². The molecule has 0 saturated heterocycles. The van der Waals surface area contributed by atoms with Gasteiger partial charge in [-0.25, -0.2) is 4.39 Å². The van der Waals surface area contributed by atoms with Gasteiger partial charge in [-0.05, 0) is 17.7 Å². The van der Waals surface area contributed by atoms with Gasteiger partial charge in [-0.3, -0.25) is 0 Å². The fraction of sp³-hybridized carbons (Fsp3) is 0.100. The molecule has 3 heteroatoms. The van der Waals surface area contributed by atoms with Crippen LogP contribution in [0, 0.1) is 5.82 Å². The Bertz CT molecular complexity index is 316.